The number of unbranched alkanes of at least 4 members (excludes halogenated alkanes) is 3. The van der Waals surface area contributed by atoms with Crippen LogP contribution in [0.1, 0.15) is 125 Å². The van der Waals surface area contributed by atoms with Crippen molar-refractivity contribution in [2.24, 2.45) is 5.92 Å². The standard InChI is InChI=1S/C65H66O11/c1-65(46-72-65)45-70-40-10-2-3-11-42-71-56-34-26-50(27-35-56)23-22-49-24-30-54(31-25-49)63(67)75-61(52-14-6-4-7-15-52)62(53-16-8-5-9-17-53)76-64(68)55-32-36-57(37-33-55)73-60(66)39-29-48-20-18-47(19-21-48)13-12-41-69-44-51-28-38-58-59(43-51)74-58/h4-9,14-21,24-27,29-37,39,51,58-59,61-62H,2-3,10-13,28,38,40-46H2,1H3/b39-29+. The molecule has 6 atom stereocenters. The summed E-state index contributed by atoms with van der Waals surface area (Å²) in [6.07, 6.45) is 11.6. The lowest BCUT2D eigenvalue weighted by atomic mass is 9.90. The van der Waals surface area contributed by atoms with Gasteiger partial charge in [-0.25, -0.2) is 14.4 Å². The fraction of sp³-hybridized carbons (Fsp3) is 0.338. The Hall–Kier alpha value is -7.33. The number of carbonyl (C=O) groups excluding carboxylic acids is 3. The second kappa shape index (κ2) is 26.9. The summed E-state index contributed by atoms with van der Waals surface area (Å²) in [4.78, 5) is 40.7. The molecule has 0 N–H and O–H groups in total. The first-order chi connectivity index (χ1) is 37.2. The number of hydrogen-bond acceptors (Lipinski definition) is 11. The van der Waals surface area contributed by atoms with E-state index in [1.807, 2.05) is 97.1 Å². The number of rotatable bonds is 26. The van der Waals surface area contributed by atoms with E-state index in [4.69, 9.17) is 37.9 Å². The van der Waals surface area contributed by atoms with Gasteiger partial charge < -0.3 is 37.9 Å². The van der Waals surface area contributed by atoms with E-state index in [0.29, 0.717) is 48.0 Å². The molecule has 0 bridgehead atoms. The van der Waals surface area contributed by atoms with Crippen LogP contribution in [0, 0.1) is 17.8 Å². The topological polar surface area (TPSA) is 132 Å². The van der Waals surface area contributed by atoms with Crippen molar-refractivity contribution in [3.63, 3.8) is 0 Å². The third-order valence-corrected chi connectivity index (χ3v) is 13.7. The van der Waals surface area contributed by atoms with E-state index in [9.17, 15) is 14.4 Å². The summed E-state index contributed by atoms with van der Waals surface area (Å²) in [6.45, 7) is 6.50. The molecule has 0 amide bonds. The Bertz CT molecular complexity index is 2880. The van der Waals surface area contributed by atoms with Crippen LogP contribution < -0.4 is 9.47 Å². The summed E-state index contributed by atoms with van der Waals surface area (Å²) in [5.41, 5.74) is 5.35. The molecule has 76 heavy (non-hydrogen) atoms. The number of aryl methyl sites for hydroxylation is 1. The van der Waals surface area contributed by atoms with Gasteiger partial charge in [-0.1, -0.05) is 103 Å². The number of fused-ring (bicyclic) bond motifs is 1. The summed E-state index contributed by atoms with van der Waals surface area (Å²) in [5, 5.41) is 0. The number of carbonyl (C=O) groups is 3. The third-order valence-electron chi connectivity index (χ3n) is 13.7. The normalized spacial score (nSPS) is 19.0. The number of hydrogen-bond donors (Lipinski definition) is 0. The number of epoxide rings is 2. The van der Waals surface area contributed by atoms with E-state index in [1.165, 1.54) is 48.7 Å². The molecule has 2 aliphatic heterocycles. The second-order valence-electron chi connectivity index (χ2n) is 20.0. The zero-order valence-corrected chi connectivity index (χ0v) is 43.1. The van der Waals surface area contributed by atoms with E-state index in [1.54, 1.807) is 30.3 Å². The van der Waals surface area contributed by atoms with E-state index in [0.717, 1.165) is 93.8 Å². The van der Waals surface area contributed by atoms with Gasteiger partial charge in [-0.3, -0.25) is 0 Å². The smallest absolute Gasteiger partial charge is 0.338 e. The van der Waals surface area contributed by atoms with Gasteiger partial charge in [0.05, 0.1) is 43.2 Å². The second-order valence-corrected chi connectivity index (χ2v) is 20.0. The Labute approximate surface area is 446 Å². The van der Waals surface area contributed by atoms with Gasteiger partial charge in [0, 0.05) is 37.0 Å². The number of ether oxygens (including phenoxy) is 8. The Morgan fingerprint density at radius 1 is 0.618 bits per heavy atom. The molecular formula is C65H66O11. The van der Waals surface area contributed by atoms with Crippen molar-refractivity contribution in [2.45, 2.75) is 94.7 Å². The largest absolute Gasteiger partial charge is 0.494 e. The molecule has 11 nitrogen and oxygen atoms in total. The van der Waals surface area contributed by atoms with Gasteiger partial charge in [-0.2, -0.15) is 0 Å². The van der Waals surface area contributed by atoms with Gasteiger partial charge in [-0.05, 0) is 165 Å². The zero-order valence-electron chi connectivity index (χ0n) is 43.1. The average molecular weight is 1020 g/mol. The predicted molar refractivity (Wildman–Crippen MR) is 290 cm³/mol. The van der Waals surface area contributed by atoms with Crippen LogP contribution >= 0.6 is 0 Å². The highest BCUT2D eigenvalue weighted by Crippen LogP contribution is 2.40. The maximum absolute atomic E-state index is 13.9. The van der Waals surface area contributed by atoms with Gasteiger partial charge >= 0.3 is 17.9 Å². The lowest BCUT2D eigenvalue weighted by molar-refractivity contribution is -0.128. The predicted octanol–water partition coefficient (Wildman–Crippen LogP) is 12.5. The van der Waals surface area contributed by atoms with E-state index in [-0.39, 0.29) is 16.9 Å². The lowest BCUT2D eigenvalue weighted by Gasteiger charge is -2.28. The maximum atomic E-state index is 13.9. The van der Waals surface area contributed by atoms with Crippen LogP contribution in [0.25, 0.3) is 6.08 Å². The first-order valence-corrected chi connectivity index (χ1v) is 26.6. The van der Waals surface area contributed by atoms with Crippen LogP contribution in [-0.2, 0) is 39.6 Å². The third kappa shape index (κ3) is 16.6. The average Bonchev–Trinajstić information content (AvgIpc) is 4.40. The Morgan fingerprint density at radius 3 is 1.79 bits per heavy atom. The van der Waals surface area contributed by atoms with Gasteiger partial charge in [0.15, 0.2) is 12.2 Å². The first kappa shape index (κ1) is 53.5. The summed E-state index contributed by atoms with van der Waals surface area (Å²) in [5.74, 6) is 6.21. The van der Waals surface area contributed by atoms with Crippen molar-refractivity contribution in [3.8, 4) is 23.3 Å². The van der Waals surface area contributed by atoms with Crippen molar-refractivity contribution in [3.05, 3.63) is 208 Å². The van der Waals surface area contributed by atoms with Crippen LogP contribution in [0.2, 0.25) is 0 Å². The summed E-state index contributed by atoms with van der Waals surface area (Å²) >= 11 is 0. The minimum Gasteiger partial charge on any atom is -0.494 e. The highest BCUT2D eigenvalue weighted by molar-refractivity contribution is 5.91. The van der Waals surface area contributed by atoms with Crippen molar-refractivity contribution >= 4 is 24.0 Å². The van der Waals surface area contributed by atoms with Crippen molar-refractivity contribution in [1.29, 1.82) is 0 Å². The van der Waals surface area contributed by atoms with Crippen molar-refractivity contribution < 1.29 is 52.3 Å². The molecule has 9 rings (SSSR count). The summed E-state index contributed by atoms with van der Waals surface area (Å²) in [7, 11) is 0. The Balaban J connectivity index is 0.746. The van der Waals surface area contributed by atoms with Crippen molar-refractivity contribution in [2.75, 3.05) is 39.6 Å². The summed E-state index contributed by atoms with van der Waals surface area (Å²) in [6, 6.07) is 47.1. The molecule has 0 radical (unpaired) electrons. The fourth-order valence-electron chi connectivity index (χ4n) is 9.11. The van der Waals surface area contributed by atoms with E-state index >= 15 is 0 Å². The molecule has 392 valence electrons. The minimum atomic E-state index is -1.03. The van der Waals surface area contributed by atoms with Crippen LogP contribution in [0.4, 0.5) is 0 Å². The van der Waals surface area contributed by atoms with Gasteiger partial charge in [0.1, 0.15) is 17.1 Å². The molecule has 0 spiro atoms. The van der Waals surface area contributed by atoms with Gasteiger partial charge in [0.25, 0.3) is 0 Å². The molecule has 6 aromatic rings. The Morgan fingerprint density at radius 2 is 1.18 bits per heavy atom. The van der Waals surface area contributed by atoms with Gasteiger partial charge in [-0.15, -0.1) is 0 Å². The highest BCUT2D eigenvalue weighted by atomic mass is 16.6. The number of benzene rings is 6. The molecule has 2 heterocycles. The molecule has 6 unspecified atom stereocenters. The number of esters is 3. The molecular weight excluding hydrogens is 957 g/mol. The van der Waals surface area contributed by atoms with Gasteiger partial charge in [0.2, 0.25) is 0 Å². The molecule has 3 aliphatic rings. The SMILES string of the molecule is CC1(COCCCCCCOc2ccc(C#Cc3ccc(C(=O)OC(c4ccccc4)C(OC(=O)c4ccc(OC(=O)/C=C/c5ccc(CCCOCC6CCC7OC7C6)cc5)cc4)c4ccccc4)cc3)cc2)CO1. The van der Waals surface area contributed by atoms with Crippen LogP contribution in [0.5, 0.6) is 11.5 Å². The summed E-state index contributed by atoms with van der Waals surface area (Å²) < 4.78 is 46.6. The Kier molecular flexibility index (Phi) is 19.0. The van der Waals surface area contributed by atoms with E-state index in [2.05, 4.69) is 30.9 Å². The molecule has 1 aliphatic carbocycles. The zero-order chi connectivity index (χ0) is 52.4. The molecule has 0 aromatic heterocycles. The fourth-order valence-corrected chi connectivity index (χ4v) is 9.11. The molecule has 6 aromatic carbocycles. The van der Waals surface area contributed by atoms with E-state index < -0.39 is 30.1 Å². The van der Waals surface area contributed by atoms with Crippen LogP contribution in [-0.4, -0.2) is 75.4 Å². The van der Waals surface area contributed by atoms with Crippen molar-refractivity contribution in [1.82, 2.24) is 0 Å². The highest BCUT2D eigenvalue weighted by Gasteiger charge is 2.44. The molecule has 2 saturated heterocycles. The molecule has 3 fully saturated rings. The molecule has 1 saturated carbocycles. The first-order valence-electron chi connectivity index (χ1n) is 26.6. The monoisotopic (exact) mass is 1020 g/mol. The lowest BCUT2D eigenvalue weighted by Crippen LogP contribution is -2.23. The minimum absolute atomic E-state index is 0.0512. The van der Waals surface area contributed by atoms with Crippen LogP contribution in [0.15, 0.2) is 164 Å². The molecule has 11 heteroatoms. The maximum Gasteiger partial charge on any atom is 0.338 e. The van der Waals surface area contributed by atoms with Crippen LogP contribution in [0.3, 0.4) is 0 Å². The quantitative estimate of drug-likeness (QED) is 0.0128.